The zero-order valence-electron chi connectivity index (χ0n) is 6.10. The molecule has 1 aromatic rings. The van der Waals surface area contributed by atoms with Gasteiger partial charge in [-0.2, -0.15) is 11.8 Å². The van der Waals surface area contributed by atoms with E-state index in [0.717, 1.165) is 16.3 Å². The minimum Gasteiger partial charge on any atom is -0.161 e. The Morgan fingerprint density at radius 3 is 2.64 bits per heavy atom. The summed E-state index contributed by atoms with van der Waals surface area (Å²) in [4.78, 5) is 0. The van der Waals surface area contributed by atoms with Crippen molar-refractivity contribution in [2.75, 3.05) is 6.26 Å². The third-order valence-corrected chi connectivity index (χ3v) is 2.50. The summed E-state index contributed by atoms with van der Waals surface area (Å²) in [5.74, 6) is 0.940. The van der Waals surface area contributed by atoms with Gasteiger partial charge in [0, 0.05) is 15.8 Å². The molecule has 0 atom stereocenters. The van der Waals surface area contributed by atoms with Crippen LogP contribution in [0.2, 0.25) is 10.0 Å². The average Bonchev–Trinajstić information content (AvgIpc) is 1.95. The van der Waals surface area contributed by atoms with Gasteiger partial charge in [0.1, 0.15) is 0 Å². The second-order valence-corrected chi connectivity index (χ2v) is 3.88. The lowest BCUT2D eigenvalue weighted by Crippen LogP contribution is -1.80. The van der Waals surface area contributed by atoms with Crippen molar-refractivity contribution in [2.45, 2.75) is 5.75 Å². The van der Waals surface area contributed by atoms with Crippen molar-refractivity contribution in [3.63, 3.8) is 0 Å². The van der Waals surface area contributed by atoms with Crippen LogP contribution in [0.15, 0.2) is 18.2 Å². The Kier molecular flexibility index (Phi) is 3.57. The molecule has 0 radical (unpaired) electrons. The first-order valence-corrected chi connectivity index (χ1v) is 5.32. The highest BCUT2D eigenvalue weighted by Crippen LogP contribution is 2.23. The Labute approximate surface area is 80.9 Å². The minimum atomic E-state index is 0.694. The van der Waals surface area contributed by atoms with E-state index in [0.29, 0.717) is 5.02 Å². The van der Waals surface area contributed by atoms with Crippen LogP contribution in [-0.2, 0) is 5.75 Å². The summed E-state index contributed by atoms with van der Waals surface area (Å²) >= 11 is 13.4. The van der Waals surface area contributed by atoms with Gasteiger partial charge in [-0.3, -0.25) is 0 Å². The SMILES string of the molecule is CSCc1ccc(Cl)cc1Cl. The summed E-state index contributed by atoms with van der Waals surface area (Å²) in [5, 5.41) is 1.45. The van der Waals surface area contributed by atoms with Gasteiger partial charge in [-0.15, -0.1) is 0 Å². The topological polar surface area (TPSA) is 0 Å². The Hall–Kier alpha value is 0.150. The molecular weight excluding hydrogens is 199 g/mol. The second kappa shape index (κ2) is 4.24. The Morgan fingerprint density at radius 1 is 1.36 bits per heavy atom. The van der Waals surface area contributed by atoms with Crippen molar-refractivity contribution in [2.24, 2.45) is 0 Å². The van der Waals surface area contributed by atoms with Gasteiger partial charge in [0.15, 0.2) is 0 Å². The molecule has 0 saturated heterocycles. The van der Waals surface area contributed by atoms with Crippen LogP contribution in [0.3, 0.4) is 0 Å². The van der Waals surface area contributed by atoms with Crippen LogP contribution < -0.4 is 0 Å². The van der Waals surface area contributed by atoms with Crippen LogP contribution in [0, 0.1) is 0 Å². The van der Waals surface area contributed by atoms with Crippen LogP contribution in [0.4, 0.5) is 0 Å². The molecule has 0 bridgehead atoms. The van der Waals surface area contributed by atoms with Gasteiger partial charge in [0.05, 0.1) is 0 Å². The zero-order chi connectivity index (χ0) is 8.27. The van der Waals surface area contributed by atoms with E-state index in [4.69, 9.17) is 23.2 Å². The molecule has 0 aliphatic carbocycles. The highest BCUT2D eigenvalue weighted by atomic mass is 35.5. The monoisotopic (exact) mass is 206 g/mol. The van der Waals surface area contributed by atoms with Gasteiger partial charge < -0.3 is 0 Å². The van der Waals surface area contributed by atoms with Gasteiger partial charge in [0.2, 0.25) is 0 Å². The third-order valence-electron chi connectivity index (χ3n) is 1.31. The van der Waals surface area contributed by atoms with Crippen LogP contribution >= 0.6 is 35.0 Å². The van der Waals surface area contributed by atoms with Gasteiger partial charge in [-0.05, 0) is 24.0 Å². The molecule has 0 N–H and O–H groups in total. The zero-order valence-corrected chi connectivity index (χ0v) is 8.43. The second-order valence-electron chi connectivity index (χ2n) is 2.17. The quantitative estimate of drug-likeness (QED) is 0.709. The molecule has 60 valence electrons. The van der Waals surface area contributed by atoms with Crippen molar-refractivity contribution in [3.8, 4) is 0 Å². The van der Waals surface area contributed by atoms with Crippen LogP contribution in [-0.4, -0.2) is 6.26 Å². The molecule has 0 saturated carbocycles. The lowest BCUT2D eigenvalue weighted by molar-refractivity contribution is 1.42. The lowest BCUT2D eigenvalue weighted by Gasteiger charge is -2.01. The van der Waals surface area contributed by atoms with Crippen molar-refractivity contribution in [1.29, 1.82) is 0 Å². The summed E-state index contributed by atoms with van der Waals surface area (Å²) in [6.45, 7) is 0. The van der Waals surface area contributed by atoms with Crippen LogP contribution in [0.5, 0.6) is 0 Å². The number of hydrogen-bond donors (Lipinski definition) is 0. The molecule has 0 aliphatic rings. The van der Waals surface area contributed by atoms with Gasteiger partial charge in [-0.25, -0.2) is 0 Å². The van der Waals surface area contributed by atoms with E-state index in [2.05, 4.69) is 0 Å². The fraction of sp³-hybridized carbons (Fsp3) is 0.250. The van der Waals surface area contributed by atoms with Crippen molar-refractivity contribution in [3.05, 3.63) is 33.8 Å². The van der Waals surface area contributed by atoms with Gasteiger partial charge >= 0.3 is 0 Å². The number of halogens is 2. The Balaban J connectivity index is 2.90. The minimum absolute atomic E-state index is 0.694. The maximum absolute atomic E-state index is 5.91. The predicted molar refractivity (Wildman–Crippen MR) is 53.7 cm³/mol. The van der Waals surface area contributed by atoms with E-state index in [-0.39, 0.29) is 0 Å². The van der Waals surface area contributed by atoms with Crippen molar-refractivity contribution >= 4 is 35.0 Å². The van der Waals surface area contributed by atoms with E-state index in [1.165, 1.54) is 0 Å². The highest BCUT2D eigenvalue weighted by molar-refractivity contribution is 7.97. The average molecular weight is 207 g/mol. The smallest absolute Gasteiger partial charge is 0.0461 e. The van der Waals surface area contributed by atoms with E-state index >= 15 is 0 Å². The van der Waals surface area contributed by atoms with E-state index in [1.54, 1.807) is 17.8 Å². The van der Waals surface area contributed by atoms with Gasteiger partial charge in [0.25, 0.3) is 0 Å². The highest BCUT2D eigenvalue weighted by Gasteiger charge is 1.98. The predicted octanol–water partition coefficient (Wildman–Crippen LogP) is 3.86. The largest absolute Gasteiger partial charge is 0.161 e. The first-order valence-electron chi connectivity index (χ1n) is 3.17. The molecule has 0 aromatic heterocycles. The maximum Gasteiger partial charge on any atom is 0.0461 e. The molecule has 0 nitrogen and oxygen atoms in total. The lowest BCUT2D eigenvalue weighted by atomic mass is 10.2. The molecule has 3 heteroatoms. The molecule has 0 unspecified atom stereocenters. The fourth-order valence-electron chi connectivity index (χ4n) is 0.794. The molecular formula is C8H8Cl2S. The fourth-order valence-corrected chi connectivity index (χ4v) is 1.91. The molecule has 11 heavy (non-hydrogen) atoms. The number of benzene rings is 1. The Bertz CT molecular complexity index is 248. The standard InChI is InChI=1S/C8H8Cl2S/c1-11-5-6-2-3-7(9)4-8(6)10/h2-4H,5H2,1H3. The molecule has 1 rings (SSSR count). The normalized spacial score (nSPS) is 10.1. The number of hydrogen-bond acceptors (Lipinski definition) is 1. The molecule has 0 aliphatic heterocycles. The molecule has 0 fully saturated rings. The first kappa shape index (κ1) is 9.24. The van der Waals surface area contributed by atoms with E-state index in [1.807, 2.05) is 18.4 Å². The summed E-state index contributed by atoms with van der Waals surface area (Å²) in [6.07, 6.45) is 2.05. The van der Waals surface area contributed by atoms with Crippen LogP contribution in [0.1, 0.15) is 5.56 Å². The molecule has 1 aromatic carbocycles. The first-order chi connectivity index (χ1) is 5.24. The summed E-state index contributed by atoms with van der Waals surface area (Å²) < 4.78 is 0. The van der Waals surface area contributed by atoms with Crippen LogP contribution in [0.25, 0.3) is 0 Å². The number of thioether (sulfide) groups is 1. The van der Waals surface area contributed by atoms with Gasteiger partial charge in [-0.1, -0.05) is 29.3 Å². The van der Waals surface area contributed by atoms with E-state index < -0.39 is 0 Å². The molecule has 0 spiro atoms. The molecule has 0 amide bonds. The van der Waals surface area contributed by atoms with Crippen molar-refractivity contribution < 1.29 is 0 Å². The number of rotatable bonds is 2. The van der Waals surface area contributed by atoms with Crippen molar-refractivity contribution in [1.82, 2.24) is 0 Å². The summed E-state index contributed by atoms with van der Waals surface area (Å²) in [5.41, 5.74) is 1.14. The third kappa shape index (κ3) is 2.58. The van der Waals surface area contributed by atoms with E-state index in [9.17, 15) is 0 Å². The summed E-state index contributed by atoms with van der Waals surface area (Å²) in [7, 11) is 0. The Morgan fingerprint density at radius 2 is 2.09 bits per heavy atom. The molecule has 0 heterocycles. The maximum atomic E-state index is 5.91. The summed E-state index contributed by atoms with van der Waals surface area (Å²) in [6, 6.07) is 5.59.